The van der Waals surface area contributed by atoms with Crippen molar-refractivity contribution >= 4 is 54.6 Å². The normalized spacial score (nSPS) is 13.8. The van der Waals surface area contributed by atoms with Gasteiger partial charge in [0, 0.05) is 0 Å². The first kappa shape index (κ1) is 21.7. The maximum atomic E-state index is 2.42. The summed E-state index contributed by atoms with van der Waals surface area (Å²) < 4.78 is 0. The van der Waals surface area contributed by atoms with Gasteiger partial charge < -0.3 is 0 Å². The van der Waals surface area contributed by atoms with E-state index in [1.807, 2.05) is 0 Å². The van der Waals surface area contributed by atoms with Crippen LogP contribution in [0.1, 0.15) is 33.4 Å². The Kier molecular flexibility index (Phi) is 4.42. The Balaban J connectivity index is 1.50. The van der Waals surface area contributed by atoms with Crippen LogP contribution >= 0.6 is 0 Å². The van der Waals surface area contributed by atoms with E-state index < -0.39 is 0 Å². The fourth-order valence-corrected chi connectivity index (χ4v) is 6.99. The standard InChI is InChI=1S/C40H24/c1-2-12-26(13-3-1)37-33-21-27-14-4-6-16-29(27)23-35(33)40-38(32-20-10-18-25-11-8-9-19-31(25)32)34-22-28-15-5-7-17-30(28)24-36(34)39(37)40/h1-24H. The molecule has 2 aliphatic rings. The number of fused-ring (bicyclic) bond motifs is 8. The van der Waals surface area contributed by atoms with Crippen LogP contribution in [0, 0.1) is 0 Å². The maximum absolute atomic E-state index is 2.42. The Morgan fingerprint density at radius 1 is 0.250 bits per heavy atom. The van der Waals surface area contributed by atoms with Crippen molar-refractivity contribution in [2.75, 3.05) is 0 Å². The summed E-state index contributed by atoms with van der Waals surface area (Å²) in [7, 11) is 0. The van der Waals surface area contributed by atoms with Crippen molar-refractivity contribution in [2.24, 2.45) is 0 Å². The molecule has 0 heteroatoms. The summed E-state index contributed by atoms with van der Waals surface area (Å²) in [6.45, 7) is 0. The number of hydrogen-bond donors (Lipinski definition) is 0. The highest BCUT2D eigenvalue weighted by Crippen LogP contribution is 2.59. The summed E-state index contributed by atoms with van der Waals surface area (Å²) in [5.41, 5.74) is 13.3. The van der Waals surface area contributed by atoms with Crippen molar-refractivity contribution in [3.8, 4) is 0 Å². The molecule has 9 rings (SSSR count). The third-order valence-corrected chi connectivity index (χ3v) is 8.72. The van der Waals surface area contributed by atoms with Gasteiger partial charge in [-0.15, -0.1) is 0 Å². The molecule has 184 valence electrons. The van der Waals surface area contributed by atoms with Gasteiger partial charge in [-0.2, -0.15) is 0 Å². The largest absolute Gasteiger partial charge is 0.0622 e. The van der Waals surface area contributed by atoms with Gasteiger partial charge in [0.2, 0.25) is 0 Å². The van der Waals surface area contributed by atoms with Crippen molar-refractivity contribution in [1.29, 1.82) is 0 Å². The van der Waals surface area contributed by atoms with Crippen LogP contribution in [0.2, 0.25) is 0 Å². The van der Waals surface area contributed by atoms with E-state index in [0.29, 0.717) is 0 Å². The van der Waals surface area contributed by atoms with E-state index in [-0.39, 0.29) is 0 Å². The molecule has 0 bridgehead atoms. The lowest BCUT2D eigenvalue weighted by Crippen LogP contribution is -1.94. The zero-order chi connectivity index (χ0) is 26.2. The van der Waals surface area contributed by atoms with Crippen LogP contribution in [-0.2, 0) is 0 Å². The minimum atomic E-state index is 1.27. The van der Waals surface area contributed by atoms with Gasteiger partial charge in [0.15, 0.2) is 0 Å². The predicted octanol–water partition coefficient (Wildman–Crippen LogP) is 10.4. The number of hydrogen-bond acceptors (Lipinski definition) is 0. The molecule has 0 N–H and O–H groups in total. The molecule has 0 aliphatic heterocycles. The minimum Gasteiger partial charge on any atom is -0.0622 e. The molecule has 2 aliphatic carbocycles. The molecule has 7 aromatic rings. The molecule has 0 amide bonds. The summed E-state index contributed by atoms with van der Waals surface area (Å²) in [5, 5.41) is 7.68. The second-order valence-electron chi connectivity index (χ2n) is 10.9. The van der Waals surface area contributed by atoms with Crippen LogP contribution in [0.5, 0.6) is 0 Å². The average molecular weight is 505 g/mol. The molecule has 0 saturated heterocycles. The molecule has 0 fully saturated rings. The highest BCUT2D eigenvalue weighted by Gasteiger charge is 2.38. The van der Waals surface area contributed by atoms with Crippen molar-refractivity contribution < 1.29 is 0 Å². The third-order valence-electron chi connectivity index (χ3n) is 8.72. The summed E-state index contributed by atoms with van der Waals surface area (Å²) in [5.74, 6) is 0. The Hall–Kier alpha value is -5.20. The van der Waals surface area contributed by atoms with Crippen molar-refractivity contribution in [3.05, 3.63) is 179 Å². The lowest BCUT2D eigenvalue weighted by Gasteiger charge is -2.15. The first-order valence-electron chi connectivity index (χ1n) is 13.9. The number of rotatable bonds is 2. The van der Waals surface area contributed by atoms with Gasteiger partial charge in [-0.1, -0.05) is 121 Å². The van der Waals surface area contributed by atoms with E-state index in [2.05, 4.69) is 146 Å². The molecule has 0 unspecified atom stereocenters. The zero-order valence-electron chi connectivity index (χ0n) is 21.9. The van der Waals surface area contributed by atoms with Gasteiger partial charge in [0.1, 0.15) is 0 Å². The highest BCUT2D eigenvalue weighted by atomic mass is 14.4. The van der Waals surface area contributed by atoms with E-state index in [4.69, 9.17) is 0 Å². The first-order chi connectivity index (χ1) is 19.8. The molecule has 7 aromatic carbocycles. The number of allylic oxidation sites excluding steroid dienone is 2. The van der Waals surface area contributed by atoms with Crippen molar-refractivity contribution in [2.45, 2.75) is 0 Å². The van der Waals surface area contributed by atoms with Gasteiger partial charge in [-0.25, -0.2) is 0 Å². The molecule has 0 aromatic heterocycles. The van der Waals surface area contributed by atoms with E-state index >= 15 is 0 Å². The maximum Gasteiger partial charge on any atom is -0.000718 e. The van der Waals surface area contributed by atoms with Gasteiger partial charge in [0.25, 0.3) is 0 Å². The molecule has 0 atom stereocenters. The Morgan fingerprint density at radius 3 is 1.27 bits per heavy atom. The Morgan fingerprint density at radius 2 is 0.675 bits per heavy atom. The summed E-state index contributed by atoms with van der Waals surface area (Å²) >= 11 is 0. The average Bonchev–Trinajstić information content (AvgIpc) is 3.50. The molecule has 0 radical (unpaired) electrons. The van der Waals surface area contributed by atoms with E-state index in [0.717, 1.165) is 0 Å². The first-order valence-corrected chi connectivity index (χ1v) is 13.9. The fourth-order valence-electron chi connectivity index (χ4n) is 6.99. The predicted molar refractivity (Wildman–Crippen MR) is 170 cm³/mol. The minimum absolute atomic E-state index is 1.27. The van der Waals surface area contributed by atoms with Crippen LogP contribution in [0.3, 0.4) is 0 Å². The number of benzene rings is 7. The lowest BCUT2D eigenvalue weighted by molar-refractivity contribution is 1.56. The molecular weight excluding hydrogens is 480 g/mol. The SMILES string of the molecule is c1ccc(C2=C3C(=C(c4cccc5ccccc45)c4cc5ccccc5cc43)c3cc4ccccc4cc32)cc1. The van der Waals surface area contributed by atoms with Crippen LogP contribution in [0.4, 0.5) is 0 Å². The van der Waals surface area contributed by atoms with Crippen LogP contribution < -0.4 is 0 Å². The van der Waals surface area contributed by atoms with Crippen molar-refractivity contribution in [1.82, 2.24) is 0 Å². The second-order valence-corrected chi connectivity index (χ2v) is 10.9. The van der Waals surface area contributed by atoms with E-state index in [1.165, 1.54) is 88.0 Å². The molecular formula is C40H24. The molecule has 0 saturated carbocycles. The van der Waals surface area contributed by atoms with Gasteiger partial charge >= 0.3 is 0 Å². The Bertz CT molecular complexity index is 2240. The summed E-state index contributed by atoms with van der Waals surface area (Å²) in [6, 6.07) is 53.7. The van der Waals surface area contributed by atoms with Gasteiger partial charge in [0.05, 0.1) is 0 Å². The topological polar surface area (TPSA) is 0 Å². The second kappa shape index (κ2) is 8.15. The molecule has 0 nitrogen and oxygen atoms in total. The third kappa shape index (κ3) is 2.96. The molecule has 40 heavy (non-hydrogen) atoms. The van der Waals surface area contributed by atoms with E-state index in [1.54, 1.807) is 0 Å². The van der Waals surface area contributed by atoms with Crippen LogP contribution in [0.15, 0.2) is 146 Å². The van der Waals surface area contributed by atoms with Crippen LogP contribution in [0.25, 0.3) is 54.6 Å². The molecule has 0 spiro atoms. The smallest absolute Gasteiger partial charge is 0.000718 e. The van der Waals surface area contributed by atoms with E-state index in [9.17, 15) is 0 Å². The lowest BCUT2D eigenvalue weighted by atomic mass is 9.88. The Labute approximate surface area is 233 Å². The fraction of sp³-hybridized carbons (Fsp3) is 0. The van der Waals surface area contributed by atoms with Gasteiger partial charge in [-0.05, 0) is 112 Å². The highest BCUT2D eigenvalue weighted by molar-refractivity contribution is 6.37. The zero-order valence-corrected chi connectivity index (χ0v) is 21.9. The van der Waals surface area contributed by atoms with Crippen molar-refractivity contribution in [3.63, 3.8) is 0 Å². The summed E-state index contributed by atoms with van der Waals surface area (Å²) in [4.78, 5) is 0. The van der Waals surface area contributed by atoms with Gasteiger partial charge in [-0.3, -0.25) is 0 Å². The monoisotopic (exact) mass is 504 g/mol. The quantitative estimate of drug-likeness (QED) is 0.220. The summed E-state index contributed by atoms with van der Waals surface area (Å²) in [6.07, 6.45) is 0. The molecule has 0 heterocycles. The van der Waals surface area contributed by atoms with Crippen LogP contribution in [-0.4, -0.2) is 0 Å².